The Morgan fingerprint density at radius 1 is 1.90 bits per heavy atom. The van der Waals surface area contributed by atoms with E-state index in [0.29, 0.717) is 12.5 Å². The SMILES string of the molecule is C[C@@H](N)C(=O)CCC1CO1. The topological polar surface area (TPSA) is 55.6 Å². The average Bonchev–Trinajstić information content (AvgIpc) is 2.64. The summed E-state index contributed by atoms with van der Waals surface area (Å²) in [7, 11) is 0. The highest BCUT2D eigenvalue weighted by Gasteiger charge is 2.23. The van der Waals surface area contributed by atoms with Crippen molar-refractivity contribution >= 4 is 5.78 Å². The quantitative estimate of drug-likeness (QED) is 0.567. The zero-order valence-electron chi connectivity index (χ0n) is 6.17. The zero-order chi connectivity index (χ0) is 7.56. The van der Waals surface area contributed by atoms with Crippen LogP contribution < -0.4 is 5.73 Å². The number of carbonyl (C=O) groups excluding carboxylic acids is 1. The van der Waals surface area contributed by atoms with Crippen LogP contribution in [0, 0.1) is 0 Å². The third kappa shape index (κ3) is 2.45. The van der Waals surface area contributed by atoms with Crippen LogP contribution in [0.1, 0.15) is 19.8 Å². The monoisotopic (exact) mass is 143 g/mol. The highest BCUT2D eigenvalue weighted by Crippen LogP contribution is 2.15. The van der Waals surface area contributed by atoms with Crippen molar-refractivity contribution in [2.24, 2.45) is 5.73 Å². The Labute approximate surface area is 60.5 Å². The van der Waals surface area contributed by atoms with Crippen LogP contribution in [-0.4, -0.2) is 24.5 Å². The Balaban J connectivity index is 2.05. The van der Waals surface area contributed by atoms with Gasteiger partial charge in [-0.05, 0) is 13.3 Å². The van der Waals surface area contributed by atoms with Gasteiger partial charge in [-0.1, -0.05) is 0 Å². The van der Waals surface area contributed by atoms with E-state index in [9.17, 15) is 4.79 Å². The van der Waals surface area contributed by atoms with Crippen LogP contribution >= 0.6 is 0 Å². The van der Waals surface area contributed by atoms with Crippen molar-refractivity contribution in [1.29, 1.82) is 0 Å². The minimum Gasteiger partial charge on any atom is -0.373 e. The van der Waals surface area contributed by atoms with Crippen LogP contribution in [0.25, 0.3) is 0 Å². The van der Waals surface area contributed by atoms with E-state index in [1.807, 2.05) is 0 Å². The standard InChI is InChI=1S/C7H13NO2/c1-5(8)7(9)3-2-6-4-10-6/h5-6H,2-4,8H2,1H3/t5-,6?/m1/s1. The molecule has 1 rings (SSSR count). The molecule has 3 nitrogen and oxygen atoms in total. The number of ketones is 1. The average molecular weight is 143 g/mol. The number of epoxide rings is 1. The molecule has 0 aromatic heterocycles. The van der Waals surface area contributed by atoms with Gasteiger partial charge in [0.1, 0.15) is 5.78 Å². The third-order valence-corrected chi connectivity index (χ3v) is 1.62. The van der Waals surface area contributed by atoms with E-state index in [2.05, 4.69) is 0 Å². The molecular weight excluding hydrogens is 130 g/mol. The fourth-order valence-electron chi connectivity index (χ4n) is 0.766. The van der Waals surface area contributed by atoms with Crippen molar-refractivity contribution in [1.82, 2.24) is 0 Å². The molecule has 0 aromatic rings. The molecule has 1 saturated heterocycles. The van der Waals surface area contributed by atoms with Gasteiger partial charge in [-0.2, -0.15) is 0 Å². The maximum Gasteiger partial charge on any atom is 0.149 e. The molecule has 2 atom stereocenters. The molecule has 1 aliphatic heterocycles. The maximum atomic E-state index is 10.9. The number of hydrogen-bond acceptors (Lipinski definition) is 3. The maximum absolute atomic E-state index is 10.9. The summed E-state index contributed by atoms with van der Waals surface area (Å²) >= 11 is 0. The van der Waals surface area contributed by atoms with Gasteiger partial charge in [-0.15, -0.1) is 0 Å². The molecule has 0 amide bonds. The first-order chi connectivity index (χ1) is 4.70. The summed E-state index contributed by atoms with van der Waals surface area (Å²) in [6, 6.07) is -0.307. The molecule has 0 saturated carbocycles. The number of carbonyl (C=O) groups is 1. The highest BCUT2D eigenvalue weighted by molar-refractivity contribution is 5.83. The first-order valence-electron chi connectivity index (χ1n) is 3.60. The molecule has 10 heavy (non-hydrogen) atoms. The van der Waals surface area contributed by atoms with Crippen molar-refractivity contribution in [3.63, 3.8) is 0 Å². The summed E-state index contributed by atoms with van der Waals surface area (Å²) in [6.07, 6.45) is 1.77. The summed E-state index contributed by atoms with van der Waals surface area (Å²) in [4.78, 5) is 10.9. The van der Waals surface area contributed by atoms with Gasteiger partial charge in [0.25, 0.3) is 0 Å². The lowest BCUT2D eigenvalue weighted by Gasteiger charge is -2.00. The molecule has 1 heterocycles. The van der Waals surface area contributed by atoms with E-state index < -0.39 is 0 Å². The van der Waals surface area contributed by atoms with E-state index in [-0.39, 0.29) is 11.8 Å². The van der Waals surface area contributed by atoms with E-state index in [4.69, 9.17) is 10.5 Å². The Bertz CT molecular complexity index is 130. The van der Waals surface area contributed by atoms with Gasteiger partial charge in [0.2, 0.25) is 0 Å². The molecular formula is C7H13NO2. The molecule has 2 N–H and O–H groups in total. The summed E-state index contributed by atoms with van der Waals surface area (Å²) in [5.74, 6) is 0.135. The fraction of sp³-hybridized carbons (Fsp3) is 0.857. The number of hydrogen-bond donors (Lipinski definition) is 1. The minimum atomic E-state index is -0.307. The lowest BCUT2D eigenvalue weighted by molar-refractivity contribution is -0.120. The Morgan fingerprint density at radius 3 is 2.90 bits per heavy atom. The van der Waals surface area contributed by atoms with Gasteiger partial charge in [-0.25, -0.2) is 0 Å². The molecule has 3 heteroatoms. The van der Waals surface area contributed by atoms with Crippen LogP contribution in [0.4, 0.5) is 0 Å². The van der Waals surface area contributed by atoms with Crippen molar-refractivity contribution in [3.05, 3.63) is 0 Å². The smallest absolute Gasteiger partial charge is 0.149 e. The van der Waals surface area contributed by atoms with Crippen LogP contribution in [0.5, 0.6) is 0 Å². The van der Waals surface area contributed by atoms with Crippen LogP contribution in [0.2, 0.25) is 0 Å². The summed E-state index contributed by atoms with van der Waals surface area (Å²) in [5, 5.41) is 0. The van der Waals surface area contributed by atoms with E-state index >= 15 is 0 Å². The summed E-state index contributed by atoms with van der Waals surface area (Å²) in [5.41, 5.74) is 5.35. The number of rotatable bonds is 4. The molecule has 58 valence electrons. The lowest BCUT2D eigenvalue weighted by atomic mass is 10.1. The summed E-state index contributed by atoms with van der Waals surface area (Å²) < 4.78 is 4.95. The zero-order valence-corrected chi connectivity index (χ0v) is 6.17. The van der Waals surface area contributed by atoms with E-state index in [1.54, 1.807) is 6.92 Å². The first kappa shape index (κ1) is 7.69. The third-order valence-electron chi connectivity index (χ3n) is 1.62. The second-order valence-electron chi connectivity index (χ2n) is 2.75. The van der Waals surface area contributed by atoms with Crippen LogP contribution in [-0.2, 0) is 9.53 Å². The predicted octanol–water partition coefficient (Wildman–Crippen LogP) is 0.0817. The molecule has 0 aliphatic carbocycles. The normalized spacial score (nSPS) is 26.0. The second kappa shape index (κ2) is 3.12. The highest BCUT2D eigenvalue weighted by atomic mass is 16.6. The molecule has 0 spiro atoms. The Kier molecular flexibility index (Phi) is 2.40. The van der Waals surface area contributed by atoms with Crippen molar-refractivity contribution < 1.29 is 9.53 Å². The van der Waals surface area contributed by atoms with E-state index in [0.717, 1.165) is 13.0 Å². The van der Waals surface area contributed by atoms with Crippen molar-refractivity contribution in [2.75, 3.05) is 6.61 Å². The number of nitrogens with two attached hydrogens (primary N) is 1. The molecule has 0 bridgehead atoms. The Hall–Kier alpha value is -0.410. The van der Waals surface area contributed by atoms with Crippen LogP contribution in [0.15, 0.2) is 0 Å². The Morgan fingerprint density at radius 2 is 2.50 bits per heavy atom. The second-order valence-corrected chi connectivity index (χ2v) is 2.75. The van der Waals surface area contributed by atoms with Gasteiger partial charge in [0.15, 0.2) is 0 Å². The van der Waals surface area contributed by atoms with Gasteiger partial charge in [0, 0.05) is 6.42 Å². The molecule has 1 unspecified atom stereocenters. The van der Waals surface area contributed by atoms with Crippen molar-refractivity contribution in [3.8, 4) is 0 Å². The van der Waals surface area contributed by atoms with E-state index in [1.165, 1.54) is 0 Å². The van der Waals surface area contributed by atoms with Gasteiger partial charge in [-0.3, -0.25) is 4.79 Å². The fourth-order valence-corrected chi connectivity index (χ4v) is 0.766. The number of ether oxygens (including phenoxy) is 1. The lowest BCUT2D eigenvalue weighted by Crippen LogP contribution is -2.26. The molecule has 0 radical (unpaired) electrons. The first-order valence-corrected chi connectivity index (χ1v) is 3.60. The van der Waals surface area contributed by atoms with Gasteiger partial charge in [0.05, 0.1) is 18.8 Å². The number of Topliss-reactive ketones (excluding diaryl/α,β-unsaturated/α-hetero) is 1. The van der Waals surface area contributed by atoms with Crippen LogP contribution in [0.3, 0.4) is 0 Å². The molecule has 1 fully saturated rings. The van der Waals surface area contributed by atoms with Crippen molar-refractivity contribution in [2.45, 2.75) is 31.9 Å². The van der Waals surface area contributed by atoms with Gasteiger partial charge >= 0.3 is 0 Å². The minimum absolute atomic E-state index is 0.135. The summed E-state index contributed by atoms with van der Waals surface area (Å²) in [6.45, 7) is 2.54. The van der Waals surface area contributed by atoms with Gasteiger partial charge < -0.3 is 10.5 Å². The predicted molar refractivity (Wildman–Crippen MR) is 37.6 cm³/mol. The largest absolute Gasteiger partial charge is 0.373 e. The molecule has 1 aliphatic rings. The molecule has 0 aromatic carbocycles.